The van der Waals surface area contributed by atoms with Crippen LogP contribution in [0.15, 0.2) is 42.5 Å². The maximum absolute atomic E-state index is 10.5. The largest absolute Gasteiger partial charge is 0.478 e. The topological polar surface area (TPSA) is 46.5 Å². The fourth-order valence-electron chi connectivity index (χ4n) is 1.83. The lowest BCUT2D eigenvalue weighted by Gasteiger charge is -2.11. The van der Waals surface area contributed by atoms with Crippen LogP contribution in [0, 0.1) is 13.8 Å². The van der Waals surface area contributed by atoms with Crippen LogP contribution in [0.5, 0.6) is 11.5 Å². The standard InChI is InChI=1S/C17H15ClO3/c1-11-4-3-5-16(12(11)2)21-14-8-6-13(15(18)10-14)7-9-17(19)20/h3-10H,1-2H3,(H,19,20)/b9-7+. The first-order chi connectivity index (χ1) is 9.97. The molecule has 0 amide bonds. The van der Waals surface area contributed by atoms with Gasteiger partial charge in [-0.2, -0.15) is 0 Å². The number of rotatable bonds is 4. The van der Waals surface area contributed by atoms with E-state index in [0.717, 1.165) is 23.0 Å². The Balaban J connectivity index is 2.24. The quantitative estimate of drug-likeness (QED) is 0.821. The zero-order valence-electron chi connectivity index (χ0n) is 11.8. The van der Waals surface area contributed by atoms with Crippen LogP contribution in [0.3, 0.4) is 0 Å². The number of ether oxygens (including phenoxy) is 1. The molecule has 0 fully saturated rings. The molecule has 0 heterocycles. The van der Waals surface area contributed by atoms with Crippen molar-refractivity contribution in [3.63, 3.8) is 0 Å². The lowest BCUT2D eigenvalue weighted by Crippen LogP contribution is -1.90. The van der Waals surface area contributed by atoms with Crippen LogP contribution < -0.4 is 4.74 Å². The molecule has 0 spiro atoms. The van der Waals surface area contributed by atoms with E-state index in [1.54, 1.807) is 18.2 Å². The Morgan fingerprint density at radius 1 is 1.24 bits per heavy atom. The normalized spacial score (nSPS) is 10.8. The Morgan fingerprint density at radius 2 is 2.00 bits per heavy atom. The summed E-state index contributed by atoms with van der Waals surface area (Å²) in [7, 11) is 0. The molecule has 2 aromatic rings. The first kappa shape index (κ1) is 15.1. The van der Waals surface area contributed by atoms with Crippen molar-refractivity contribution in [2.24, 2.45) is 0 Å². The van der Waals surface area contributed by atoms with Crippen LogP contribution in [-0.2, 0) is 4.79 Å². The monoisotopic (exact) mass is 302 g/mol. The molecule has 2 aromatic carbocycles. The van der Waals surface area contributed by atoms with Gasteiger partial charge in [0.2, 0.25) is 0 Å². The van der Waals surface area contributed by atoms with Crippen molar-refractivity contribution in [2.75, 3.05) is 0 Å². The zero-order chi connectivity index (χ0) is 15.4. The summed E-state index contributed by atoms with van der Waals surface area (Å²) in [5.41, 5.74) is 2.86. The van der Waals surface area contributed by atoms with Crippen molar-refractivity contribution in [1.82, 2.24) is 0 Å². The highest BCUT2D eigenvalue weighted by Gasteiger charge is 2.05. The summed E-state index contributed by atoms with van der Waals surface area (Å²) in [5, 5.41) is 9.06. The van der Waals surface area contributed by atoms with Gasteiger partial charge in [0.05, 0.1) is 5.02 Å². The molecule has 0 bridgehead atoms. The van der Waals surface area contributed by atoms with Gasteiger partial charge >= 0.3 is 5.97 Å². The Hall–Kier alpha value is -2.26. The molecule has 0 saturated heterocycles. The summed E-state index contributed by atoms with van der Waals surface area (Å²) < 4.78 is 5.83. The number of benzene rings is 2. The molecule has 2 rings (SSSR count). The molecule has 108 valence electrons. The van der Waals surface area contributed by atoms with Gasteiger partial charge in [-0.3, -0.25) is 0 Å². The van der Waals surface area contributed by atoms with Crippen molar-refractivity contribution in [2.45, 2.75) is 13.8 Å². The Morgan fingerprint density at radius 3 is 2.67 bits per heavy atom. The Kier molecular flexibility index (Phi) is 4.66. The number of carbonyl (C=O) groups is 1. The summed E-state index contributed by atoms with van der Waals surface area (Å²) in [6.07, 6.45) is 2.50. The van der Waals surface area contributed by atoms with Gasteiger partial charge in [-0.05, 0) is 60.9 Å². The average Bonchev–Trinajstić information content (AvgIpc) is 2.43. The minimum atomic E-state index is -1.01. The highest BCUT2D eigenvalue weighted by atomic mass is 35.5. The predicted octanol–water partition coefficient (Wildman–Crippen LogP) is 4.85. The van der Waals surface area contributed by atoms with Gasteiger partial charge in [0.15, 0.2) is 0 Å². The predicted molar refractivity (Wildman–Crippen MR) is 84.1 cm³/mol. The van der Waals surface area contributed by atoms with E-state index in [2.05, 4.69) is 0 Å². The molecule has 0 unspecified atom stereocenters. The van der Waals surface area contributed by atoms with Gasteiger partial charge in [-0.15, -0.1) is 0 Å². The number of aryl methyl sites for hydroxylation is 1. The molecule has 0 saturated carbocycles. The number of halogens is 1. The van der Waals surface area contributed by atoms with E-state index in [4.69, 9.17) is 21.4 Å². The molecule has 3 nitrogen and oxygen atoms in total. The Labute approximate surface area is 128 Å². The van der Waals surface area contributed by atoms with Crippen molar-refractivity contribution < 1.29 is 14.6 Å². The summed E-state index contributed by atoms with van der Waals surface area (Å²) in [4.78, 5) is 10.5. The van der Waals surface area contributed by atoms with E-state index in [1.807, 2.05) is 32.0 Å². The van der Waals surface area contributed by atoms with Crippen LogP contribution in [-0.4, -0.2) is 11.1 Å². The Bertz CT molecular complexity index is 705. The second kappa shape index (κ2) is 6.46. The molecular formula is C17H15ClO3. The number of carboxylic acid groups (broad SMARTS) is 1. The summed E-state index contributed by atoms with van der Waals surface area (Å²) in [6, 6.07) is 11.0. The van der Waals surface area contributed by atoms with Crippen molar-refractivity contribution in [3.8, 4) is 11.5 Å². The van der Waals surface area contributed by atoms with Gasteiger partial charge in [0.1, 0.15) is 11.5 Å². The number of hydrogen-bond donors (Lipinski definition) is 1. The maximum Gasteiger partial charge on any atom is 0.328 e. The van der Waals surface area contributed by atoms with E-state index in [9.17, 15) is 4.79 Å². The van der Waals surface area contributed by atoms with Gasteiger partial charge in [-0.1, -0.05) is 23.7 Å². The molecule has 0 aromatic heterocycles. The van der Waals surface area contributed by atoms with Gasteiger partial charge < -0.3 is 9.84 Å². The molecule has 21 heavy (non-hydrogen) atoms. The second-order valence-electron chi connectivity index (χ2n) is 4.65. The summed E-state index contributed by atoms with van der Waals surface area (Å²) in [6.45, 7) is 4.02. The van der Waals surface area contributed by atoms with Crippen LogP contribution in [0.1, 0.15) is 16.7 Å². The third kappa shape index (κ3) is 3.86. The van der Waals surface area contributed by atoms with E-state index >= 15 is 0 Å². The van der Waals surface area contributed by atoms with Crippen LogP contribution in [0.4, 0.5) is 0 Å². The van der Waals surface area contributed by atoms with Crippen LogP contribution in [0.25, 0.3) is 6.08 Å². The van der Waals surface area contributed by atoms with Crippen LogP contribution in [0.2, 0.25) is 5.02 Å². The van der Waals surface area contributed by atoms with E-state index in [-0.39, 0.29) is 0 Å². The minimum absolute atomic E-state index is 0.440. The molecule has 0 atom stereocenters. The average molecular weight is 303 g/mol. The van der Waals surface area contributed by atoms with Crippen molar-refractivity contribution >= 4 is 23.6 Å². The van der Waals surface area contributed by atoms with Gasteiger partial charge in [0.25, 0.3) is 0 Å². The number of carboxylic acids is 1. The molecule has 0 aliphatic heterocycles. The third-order valence-corrected chi connectivity index (χ3v) is 3.49. The summed E-state index contributed by atoms with van der Waals surface area (Å²) in [5.74, 6) is 0.378. The molecular weight excluding hydrogens is 288 g/mol. The fourth-order valence-corrected chi connectivity index (χ4v) is 2.06. The minimum Gasteiger partial charge on any atom is -0.478 e. The SMILES string of the molecule is Cc1cccc(Oc2ccc(/C=C/C(=O)O)c(Cl)c2)c1C. The maximum atomic E-state index is 10.5. The lowest BCUT2D eigenvalue weighted by atomic mass is 10.1. The highest BCUT2D eigenvalue weighted by molar-refractivity contribution is 6.32. The first-order valence-corrected chi connectivity index (χ1v) is 6.80. The summed E-state index contributed by atoms with van der Waals surface area (Å²) >= 11 is 6.13. The highest BCUT2D eigenvalue weighted by Crippen LogP contribution is 2.30. The van der Waals surface area contributed by atoms with E-state index < -0.39 is 5.97 Å². The molecule has 1 N–H and O–H groups in total. The van der Waals surface area contributed by atoms with Crippen molar-refractivity contribution in [3.05, 3.63) is 64.2 Å². The lowest BCUT2D eigenvalue weighted by molar-refractivity contribution is -0.131. The molecule has 0 aliphatic rings. The zero-order valence-corrected chi connectivity index (χ0v) is 12.5. The van der Waals surface area contributed by atoms with Crippen molar-refractivity contribution in [1.29, 1.82) is 0 Å². The van der Waals surface area contributed by atoms with E-state index in [0.29, 0.717) is 16.3 Å². The molecule has 0 radical (unpaired) electrons. The smallest absolute Gasteiger partial charge is 0.328 e. The molecule has 4 heteroatoms. The van der Waals surface area contributed by atoms with Gasteiger partial charge in [-0.25, -0.2) is 4.79 Å². The first-order valence-electron chi connectivity index (χ1n) is 6.42. The third-order valence-electron chi connectivity index (χ3n) is 3.16. The van der Waals surface area contributed by atoms with E-state index in [1.165, 1.54) is 6.08 Å². The fraction of sp³-hybridized carbons (Fsp3) is 0.118. The number of hydrogen-bond acceptors (Lipinski definition) is 2. The van der Waals surface area contributed by atoms with Gasteiger partial charge in [0, 0.05) is 6.08 Å². The van der Waals surface area contributed by atoms with Crippen LogP contribution >= 0.6 is 11.6 Å². The molecule has 0 aliphatic carbocycles. The number of aliphatic carboxylic acids is 1. The second-order valence-corrected chi connectivity index (χ2v) is 5.06.